The SMILES string of the molecule is CCOc1ccc(NC(=S)N/C=C(/C#N)C(N)=O)cc1. The van der Waals surface area contributed by atoms with Crippen molar-refractivity contribution >= 4 is 28.9 Å². The van der Waals surface area contributed by atoms with E-state index in [4.69, 9.17) is 28.0 Å². The van der Waals surface area contributed by atoms with Gasteiger partial charge in [0.05, 0.1) is 6.61 Å². The molecule has 0 fully saturated rings. The van der Waals surface area contributed by atoms with Gasteiger partial charge < -0.3 is 21.1 Å². The van der Waals surface area contributed by atoms with Crippen LogP contribution in [0.1, 0.15) is 6.92 Å². The molecular weight excluding hydrogens is 276 g/mol. The molecule has 0 heterocycles. The van der Waals surface area contributed by atoms with Crippen LogP contribution in [0.2, 0.25) is 0 Å². The number of amides is 1. The van der Waals surface area contributed by atoms with Crippen LogP contribution in [0.25, 0.3) is 0 Å². The fraction of sp³-hybridized carbons (Fsp3) is 0.154. The summed E-state index contributed by atoms with van der Waals surface area (Å²) < 4.78 is 5.31. The van der Waals surface area contributed by atoms with Crippen LogP contribution in [0.5, 0.6) is 5.75 Å². The Morgan fingerprint density at radius 2 is 2.15 bits per heavy atom. The summed E-state index contributed by atoms with van der Waals surface area (Å²) in [6.45, 7) is 2.50. The third-order valence-corrected chi connectivity index (χ3v) is 2.38. The summed E-state index contributed by atoms with van der Waals surface area (Å²) in [7, 11) is 0. The van der Waals surface area contributed by atoms with Crippen LogP contribution >= 0.6 is 12.2 Å². The maximum absolute atomic E-state index is 10.8. The van der Waals surface area contributed by atoms with Crippen LogP contribution in [0.15, 0.2) is 36.0 Å². The first-order valence-corrected chi connectivity index (χ1v) is 6.18. The highest BCUT2D eigenvalue weighted by molar-refractivity contribution is 7.80. The monoisotopic (exact) mass is 290 g/mol. The Hall–Kier alpha value is -2.59. The minimum atomic E-state index is -0.816. The molecule has 0 bridgehead atoms. The number of nitrogens with zero attached hydrogens (tertiary/aromatic N) is 1. The van der Waals surface area contributed by atoms with Crippen molar-refractivity contribution in [2.75, 3.05) is 11.9 Å². The quantitative estimate of drug-likeness (QED) is 0.429. The van der Waals surface area contributed by atoms with Crippen molar-refractivity contribution in [3.63, 3.8) is 0 Å². The van der Waals surface area contributed by atoms with E-state index in [1.807, 2.05) is 6.92 Å². The summed E-state index contributed by atoms with van der Waals surface area (Å²) in [4.78, 5) is 10.8. The molecule has 6 nitrogen and oxygen atoms in total. The molecule has 0 saturated carbocycles. The molecule has 0 aliphatic carbocycles. The van der Waals surface area contributed by atoms with E-state index in [0.29, 0.717) is 6.61 Å². The second-order valence-electron chi connectivity index (χ2n) is 3.59. The Labute approximate surface area is 122 Å². The molecule has 1 aromatic carbocycles. The fourth-order valence-corrected chi connectivity index (χ4v) is 1.44. The number of nitrogens with one attached hydrogen (secondary N) is 2. The molecule has 0 saturated heterocycles. The van der Waals surface area contributed by atoms with Crippen molar-refractivity contribution < 1.29 is 9.53 Å². The summed E-state index contributed by atoms with van der Waals surface area (Å²) in [5, 5.41) is 14.4. The lowest BCUT2D eigenvalue weighted by atomic mass is 10.3. The molecule has 104 valence electrons. The second kappa shape index (κ2) is 7.76. The van der Waals surface area contributed by atoms with Crippen molar-refractivity contribution in [1.82, 2.24) is 5.32 Å². The normalized spacial score (nSPS) is 10.3. The zero-order valence-electron chi connectivity index (χ0n) is 10.8. The molecule has 0 aromatic heterocycles. The summed E-state index contributed by atoms with van der Waals surface area (Å²) in [6, 6.07) is 8.85. The number of carbonyl (C=O) groups is 1. The number of nitriles is 1. The lowest BCUT2D eigenvalue weighted by Gasteiger charge is -2.08. The van der Waals surface area contributed by atoms with Crippen LogP contribution in [0.3, 0.4) is 0 Å². The Kier molecular flexibility index (Phi) is 6.00. The van der Waals surface area contributed by atoms with E-state index < -0.39 is 5.91 Å². The zero-order chi connectivity index (χ0) is 15.0. The van der Waals surface area contributed by atoms with E-state index in [1.54, 1.807) is 30.3 Å². The van der Waals surface area contributed by atoms with Crippen LogP contribution < -0.4 is 21.1 Å². The molecule has 20 heavy (non-hydrogen) atoms. The van der Waals surface area contributed by atoms with Crippen LogP contribution in [-0.2, 0) is 4.79 Å². The first-order valence-electron chi connectivity index (χ1n) is 5.77. The molecule has 0 atom stereocenters. The molecule has 1 amide bonds. The zero-order valence-corrected chi connectivity index (χ0v) is 11.7. The van der Waals surface area contributed by atoms with E-state index >= 15 is 0 Å². The van der Waals surface area contributed by atoms with Gasteiger partial charge in [-0.2, -0.15) is 5.26 Å². The number of carbonyl (C=O) groups excluding carboxylic acids is 1. The molecule has 0 spiro atoms. The number of primary amides is 1. The topological polar surface area (TPSA) is 100 Å². The van der Waals surface area contributed by atoms with Gasteiger partial charge in [-0.15, -0.1) is 0 Å². The van der Waals surface area contributed by atoms with E-state index in [0.717, 1.165) is 17.6 Å². The molecular formula is C13H14N4O2S. The predicted octanol–water partition coefficient (Wildman–Crippen LogP) is 1.26. The first-order chi connectivity index (χ1) is 9.56. The lowest BCUT2D eigenvalue weighted by Crippen LogP contribution is -2.25. The average Bonchev–Trinajstić information content (AvgIpc) is 2.41. The van der Waals surface area contributed by atoms with Gasteiger partial charge in [0, 0.05) is 11.9 Å². The number of ether oxygens (including phenoxy) is 1. The molecule has 1 rings (SSSR count). The minimum absolute atomic E-state index is 0.208. The molecule has 1 aromatic rings. The second-order valence-corrected chi connectivity index (χ2v) is 4.00. The summed E-state index contributed by atoms with van der Waals surface area (Å²) in [6.07, 6.45) is 1.16. The Balaban J connectivity index is 2.58. The molecule has 0 radical (unpaired) electrons. The van der Waals surface area contributed by atoms with Crippen molar-refractivity contribution in [2.45, 2.75) is 6.92 Å². The number of anilines is 1. The van der Waals surface area contributed by atoms with Gasteiger partial charge in [-0.05, 0) is 43.4 Å². The third kappa shape index (κ3) is 4.96. The van der Waals surface area contributed by atoms with E-state index in [1.165, 1.54) is 0 Å². The number of thiocarbonyl (C=S) groups is 1. The van der Waals surface area contributed by atoms with Crippen LogP contribution in [0.4, 0.5) is 5.69 Å². The minimum Gasteiger partial charge on any atom is -0.494 e. The smallest absolute Gasteiger partial charge is 0.260 e. The highest BCUT2D eigenvalue weighted by atomic mass is 32.1. The van der Waals surface area contributed by atoms with Gasteiger partial charge in [0.1, 0.15) is 17.4 Å². The molecule has 0 aliphatic rings. The third-order valence-electron chi connectivity index (χ3n) is 2.16. The largest absolute Gasteiger partial charge is 0.494 e. The molecule has 4 N–H and O–H groups in total. The maximum Gasteiger partial charge on any atom is 0.260 e. The van der Waals surface area contributed by atoms with Gasteiger partial charge in [-0.3, -0.25) is 4.79 Å². The van der Waals surface area contributed by atoms with Crippen LogP contribution in [-0.4, -0.2) is 17.6 Å². The van der Waals surface area contributed by atoms with Gasteiger partial charge in [0.2, 0.25) is 0 Å². The number of hydrogen-bond donors (Lipinski definition) is 3. The van der Waals surface area contributed by atoms with E-state index in [9.17, 15) is 4.79 Å². The van der Waals surface area contributed by atoms with E-state index in [-0.39, 0.29) is 10.7 Å². The molecule has 7 heteroatoms. The van der Waals surface area contributed by atoms with Crippen molar-refractivity contribution in [1.29, 1.82) is 5.26 Å². The number of rotatable bonds is 5. The van der Waals surface area contributed by atoms with E-state index in [2.05, 4.69) is 10.6 Å². The van der Waals surface area contributed by atoms with Gasteiger partial charge in [-0.1, -0.05) is 0 Å². The predicted molar refractivity (Wildman–Crippen MR) is 79.9 cm³/mol. The number of benzene rings is 1. The Bertz CT molecular complexity index is 561. The fourth-order valence-electron chi connectivity index (χ4n) is 1.26. The van der Waals surface area contributed by atoms with Gasteiger partial charge in [0.15, 0.2) is 5.11 Å². The summed E-state index contributed by atoms with van der Waals surface area (Å²) in [5.41, 5.74) is 5.52. The number of nitrogens with two attached hydrogens (primary N) is 1. The maximum atomic E-state index is 10.8. The van der Waals surface area contributed by atoms with Gasteiger partial charge in [-0.25, -0.2) is 0 Å². The first kappa shape index (κ1) is 15.5. The lowest BCUT2D eigenvalue weighted by molar-refractivity contribution is -0.114. The summed E-state index contributed by atoms with van der Waals surface area (Å²) in [5.74, 6) is -0.0545. The van der Waals surface area contributed by atoms with Crippen molar-refractivity contribution in [2.24, 2.45) is 5.73 Å². The summed E-state index contributed by atoms with van der Waals surface area (Å²) >= 11 is 5.01. The van der Waals surface area contributed by atoms with Gasteiger partial charge in [0.25, 0.3) is 5.91 Å². The molecule has 0 aliphatic heterocycles. The van der Waals surface area contributed by atoms with Crippen LogP contribution in [0, 0.1) is 11.3 Å². The van der Waals surface area contributed by atoms with Crippen molar-refractivity contribution in [3.05, 3.63) is 36.0 Å². The van der Waals surface area contributed by atoms with Gasteiger partial charge >= 0.3 is 0 Å². The average molecular weight is 290 g/mol. The Morgan fingerprint density at radius 3 is 2.65 bits per heavy atom. The Morgan fingerprint density at radius 1 is 1.50 bits per heavy atom. The van der Waals surface area contributed by atoms with Crippen molar-refractivity contribution in [3.8, 4) is 11.8 Å². The highest BCUT2D eigenvalue weighted by Crippen LogP contribution is 2.15. The highest BCUT2D eigenvalue weighted by Gasteiger charge is 2.03. The number of hydrogen-bond acceptors (Lipinski definition) is 4. The molecule has 0 unspecified atom stereocenters. The standard InChI is InChI=1S/C13H14N4O2S/c1-2-19-11-5-3-10(4-6-11)17-13(20)16-8-9(7-14)12(15)18/h3-6,8H,2H2,1H3,(H2,15,18)(H2,16,17,20)/b9-8-.